The number of nitrogens with zero attached hydrogens (tertiary/aromatic N) is 3. The Morgan fingerprint density at radius 3 is 1.98 bits per heavy atom. The standard InChI is InChI=1S/C41H23N3S/c1-2-10-27-26(9-1)28(33-20-17-25-16-15-24-8-7-23-42-39(24)40(25)43-33)18-19-31(27)41-30-12-4-3-11-29(30)37-34(44-41)21-22-36-38(37)32-13-5-6-14-35(32)45-36/h1-23H. The Labute approximate surface area is 262 Å². The van der Waals surface area contributed by atoms with Crippen LogP contribution in [0.15, 0.2) is 140 Å². The number of rotatable bonds is 2. The van der Waals surface area contributed by atoms with Crippen molar-refractivity contribution in [2.24, 2.45) is 0 Å². The normalized spacial score (nSPS) is 12.0. The Balaban J connectivity index is 1.24. The third-order valence-corrected chi connectivity index (χ3v) is 10.2. The van der Waals surface area contributed by atoms with Gasteiger partial charge in [0.2, 0.25) is 0 Å². The molecule has 4 aromatic heterocycles. The van der Waals surface area contributed by atoms with Gasteiger partial charge in [-0.25, -0.2) is 9.97 Å². The zero-order valence-corrected chi connectivity index (χ0v) is 24.8. The molecular weight excluding hydrogens is 567 g/mol. The van der Waals surface area contributed by atoms with E-state index < -0.39 is 0 Å². The summed E-state index contributed by atoms with van der Waals surface area (Å²) >= 11 is 1.85. The van der Waals surface area contributed by atoms with Gasteiger partial charge in [0.25, 0.3) is 0 Å². The average Bonchev–Trinajstić information content (AvgIpc) is 3.49. The highest BCUT2D eigenvalue weighted by molar-refractivity contribution is 7.26. The van der Waals surface area contributed by atoms with Crippen molar-refractivity contribution in [3.05, 3.63) is 140 Å². The van der Waals surface area contributed by atoms with Crippen LogP contribution in [0, 0.1) is 0 Å². The van der Waals surface area contributed by atoms with E-state index in [-0.39, 0.29) is 0 Å². The van der Waals surface area contributed by atoms with Gasteiger partial charge in [-0.15, -0.1) is 11.3 Å². The van der Waals surface area contributed by atoms with Crippen molar-refractivity contribution in [1.29, 1.82) is 0 Å². The van der Waals surface area contributed by atoms with Gasteiger partial charge in [-0.3, -0.25) is 4.98 Å². The Bertz CT molecular complexity index is 2830. The molecule has 0 saturated heterocycles. The van der Waals surface area contributed by atoms with E-state index in [0.717, 1.165) is 66.0 Å². The molecule has 0 saturated carbocycles. The molecular formula is C41H23N3S. The SMILES string of the molecule is c1cnc2c(c1)ccc1ccc(-c3ccc(-c4nc5ccc6sc7ccccc7c6c5c5ccccc45)c4ccccc34)nc12. The van der Waals surface area contributed by atoms with Crippen LogP contribution in [0.3, 0.4) is 0 Å². The van der Waals surface area contributed by atoms with E-state index in [2.05, 4.69) is 132 Å². The van der Waals surface area contributed by atoms with Crippen molar-refractivity contribution >= 4 is 85.8 Å². The summed E-state index contributed by atoms with van der Waals surface area (Å²) in [5.41, 5.74) is 7.03. The number of benzene rings is 6. The third-order valence-electron chi connectivity index (χ3n) is 9.09. The number of hydrogen-bond acceptors (Lipinski definition) is 4. The molecule has 0 aliphatic heterocycles. The molecule has 3 nitrogen and oxygen atoms in total. The highest BCUT2D eigenvalue weighted by atomic mass is 32.1. The lowest BCUT2D eigenvalue weighted by Gasteiger charge is -2.15. The van der Waals surface area contributed by atoms with Crippen LogP contribution in [0.25, 0.3) is 96.9 Å². The second-order valence-corrected chi connectivity index (χ2v) is 12.6. The van der Waals surface area contributed by atoms with Crippen LogP contribution >= 0.6 is 11.3 Å². The monoisotopic (exact) mass is 589 g/mol. The molecule has 0 radical (unpaired) electrons. The molecule has 6 aromatic carbocycles. The maximum absolute atomic E-state index is 5.42. The second kappa shape index (κ2) is 9.39. The van der Waals surface area contributed by atoms with Crippen LogP contribution < -0.4 is 0 Å². The number of aromatic nitrogens is 3. The largest absolute Gasteiger partial charge is 0.254 e. The molecule has 10 aromatic rings. The highest BCUT2D eigenvalue weighted by Crippen LogP contribution is 2.44. The Morgan fingerprint density at radius 1 is 0.422 bits per heavy atom. The van der Waals surface area contributed by atoms with Crippen LogP contribution in [-0.4, -0.2) is 15.0 Å². The fraction of sp³-hybridized carbons (Fsp3) is 0. The zero-order chi connectivity index (χ0) is 29.5. The number of thiophene rings is 1. The molecule has 4 heterocycles. The van der Waals surface area contributed by atoms with E-state index in [4.69, 9.17) is 9.97 Å². The molecule has 0 unspecified atom stereocenters. The minimum atomic E-state index is 0.924. The fourth-order valence-corrected chi connectivity index (χ4v) is 8.18. The summed E-state index contributed by atoms with van der Waals surface area (Å²) in [4.78, 5) is 15.3. The van der Waals surface area contributed by atoms with Crippen LogP contribution in [0.1, 0.15) is 0 Å². The van der Waals surface area contributed by atoms with Crippen molar-refractivity contribution in [3.8, 4) is 22.5 Å². The Morgan fingerprint density at radius 2 is 1.11 bits per heavy atom. The highest BCUT2D eigenvalue weighted by Gasteiger charge is 2.18. The van der Waals surface area contributed by atoms with Gasteiger partial charge in [-0.05, 0) is 46.5 Å². The molecule has 0 fully saturated rings. The summed E-state index contributed by atoms with van der Waals surface area (Å²) in [6.45, 7) is 0. The minimum Gasteiger partial charge on any atom is -0.254 e. The van der Waals surface area contributed by atoms with Crippen molar-refractivity contribution in [2.45, 2.75) is 0 Å². The lowest BCUT2D eigenvalue weighted by Crippen LogP contribution is -1.93. The van der Waals surface area contributed by atoms with Crippen molar-refractivity contribution in [1.82, 2.24) is 15.0 Å². The van der Waals surface area contributed by atoms with Crippen molar-refractivity contribution in [3.63, 3.8) is 0 Å². The first-order valence-corrected chi connectivity index (χ1v) is 15.9. The van der Waals surface area contributed by atoms with Gasteiger partial charge in [0.05, 0.1) is 27.9 Å². The molecule has 0 bridgehead atoms. The van der Waals surface area contributed by atoms with Crippen LogP contribution in [0.2, 0.25) is 0 Å². The molecule has 10 rings (SSSR count). The van der Waals surface area contributed by atoms with E-state index in [0.29, 0.717) is 0 Å². The minimum absolute atomic E-state index is 0.924. The van der Waals surface area contributed by atoms with Crippen LogP contribution in [0.5, 0.6) is 0 Å². The molecule has 45 heavy (non-hydrogen) atoms. The van der Waals surface area contributed by atoms with Gasteiger partial charge in [0.15, 0.2) is 0 Å². The summed E-state index contributed by atoms with van der Waals surface area (Å²) in [6.07, 6.45) is 1.84. The van der Waals surface area contributed by atoms with Gasteiger partial charge < -0.3 is 0 Å². The predicted octanol–water partition coefficient (Wildman–Crippen LogP) is 11.3. The Kier molecular flexibility index (Phi) is 5.16. The molecule has 0 aliphatic carbocycles. The van der Waals surface area contributed by atoms with E-state index in [9.17, 15) is 0 Å². The van der Waals surface area contributed by atoms with E-state index in [1.54, 1.807) is 0 Å². The maximum atomic E-state index is 5.42. The second-order valence-electron chi connectivity index (χ2n) is 11.6. The number of hydrogen-bond donors (Lipinski definition) is 0. The first-order chi connectivity index (χ1) is 22.3. The summed E-state index contributed by atoms with van der Waals surface area (Å²) in [7, 11) is 0. The molecule has 4 heteroatoms. The van der Waals surface area contributed by atoms with E-state index in [1.807, 2.05) is 23.6 Å². The third kappa shape index (κ3) is 3.60. The van der Waals surface area contributed by atoms with E-state index >= 15 is 0 Å². The van der Waals surface area contributed by atoms with Gasteiger partial charge >= 0.3 is 0 Å². The molecule has 0 aliphatic rings. The summed E-state index contributed by atoms with van der Waals surface area (Å²) in [5, 5.41) is 10.7. The predicted molar refractivity (Wildman–Crippen MR) is 191 cm³/mol. The average molecular weight is 590 g/mol. The summed E-state index contributed by atoms with van der Waals surface area (Å²) in [6, 6.07) is 47.5. The molecule has 0 spiro atoms. The lowest BCUT2D eigenvalue weighted by atomic mass is 9.92. The number of pyridine rings is 3. The molecule has 0 N–H and O–H groups in total. The smallest absolute Gasteiger partial charge is 0.0972 e. The molecule has 208 valence electrons. The van der Waals surface area contributed by atoms with Crippen LogP contribution in [-0.2, 0) is 0 Å². The lowest BCUT2D eigenvalue weighted by molar-refractivity contribution is 1.37. The van der Waals surface area contributed by atoms with Gasteiger partial charge in [0.1, 0.15) is 0 Å². The number of fused-ring (bicyclic) bond motifs is 11. The maximum Gasteiger partial charge on any atom is 0.0972 e. The quantitative estimate of drug-likeness (QED) is 0.188. The first-order valence-electron chi connectivity index (χ1n) is 15.1. The summed E-state index contributed by atoms with van der Waals surface area (Å²) < 4.78 is 2.60. The fourth-order valence-electron chi connectivity index (χ4n) is 7.07. The van der Waals surface area contributed by atoms with Gasteiger partial charge in [0, 0.05) is 59.0 Å². The molecule has 0 amide bonds. The summed E-state index contributed by atoms with van der Waals surface area (Å²) in [5.74, 6) is 0. The topological polar surface area (TPSA) is 38.7 Å². The van der Waals surface area contributed by atoms with Crippen LogP contribution in [0.4, 0.5) is 0 Å². The van der Waals surface area contributed by atoms with E-state index in [1.165, 1.54) is 30.9 Å². The van der Waals surface area contributed by atoms with Crippen molar-refractivity contribution in [2.75, 3.05) is 0 Å². The van der Waals surface area contributed by atoms with Crippen molar-refractivity contribution < 1.29 is 0 Å². The first kappa shape index (κ1) is 24.7. The Hall–Kier alpha value is -5.71. The molecule has 0 atom stereocenters. The zero-order valence-electron chi connectivity index (χ0n) is 24.0. The van der Waals surface area contributed by atoms with Gasteiger partial charge in [-0.2, -0.15) is 0 Å². The van der Waals surface area contributed by atoms with Gasteiger partial charge in [-0.1, -0.05) is 103 Å².